The molecule has 1 amide bonds. The number of nitrogens with zero attached hydrogens (tertiary/aromatic N) is 1. The summed E-state index contributed by atoms with van der Waals surface area (Å²) in [5, 5.41) is 0.475. The molecule has 2 aromatic heterocycles. The summed E-state index contributed by atoms with van der Waals surface area (Å²) in [6.45, 7) is 1.89. The number of nitrogens with two attached hydrogens (primary N) is 1. The maximum Gasteiger partial charge on any atom is 0.329 e. The van der Waals surface area contributed by atoms with Gasteiger partial charge in [0.15, 0.2) is 0 Å². The van der Waals surface area contributed by atoms with Gasteiger partial charge in [-0.25, -0.2) is 4.79 Å². The molecule has 0 spiro atoms. The molecule has 118 valence electrons. The zero-order valence-corrected chi connectivity index (χ0v) is 13.3. The molecule has 0 fully saturated rings. The van der Waals surface area contributed by atoms with Crippen molar-refractivity contribution in [1.82, 2.24) is 9.55 Å². The van der Waals surface area contributed by atoms with E-state index in [1.807, 2.05) is 37.3 Å². The molecule has 0 radical (unpaired) electrons. The summed E-state index contributed by atoms with van der Waals surface area (Å²) in [5.74, 6) is -0.554. The minimum atomic E-state index is -0.554. The molecule has 6 nitrogen and oxygen atoms in total. The van der Waals surface area contributed by atoms with Gasteiger partial charge in [-0.15, -0.1) is 11.3 Å². The van der Waals surface area contributed by atoms with Crippen LogP contribution in [0.15, 0.2) is 39.9 Å². The molecule has 0 atom stereocenters. The van der Waals surface area contributed by atoms with Crippen LogP contribution in [0.3, 0.4) is 0 Å². The number of aromatic nitrogens is 2. The van der Waals surface area contributed by atoms with Gasteiger partial charge in [-0.05, 0) is 12.5 Å². The summed E-state index contributed by atoms with van der Waals surface area (Å²) in [7, 11) is 0. The number of thiophene rings is 1. The number of carbonyl (C=O) groups excluding carboxylic acids is 1. The third-order valence-corrected chi connectivity index (χ3v) is 4.67. The Balaban J connectivity index is 2.29. The smallest absolute Gasteiger partial charge is 0.329 e. The van der Waals surface area contributed by atoms with Gasteiger partial charge in [-0.2, -0.15) is 0 Å². The molecule has 2 heterocycles. The maximum atomic E-state index is 12.8. The van der Waals surface area contributed by atoms with Gasteiger partial charge in [0.2, 0.25) is 5.91 Å². The van der Waals surface area contributed by atoms with E-state index in [9.17, 15) is 14.4 Å². The van der Waals surface area contributed by atoms with Crippen molar-refractivity contribution in [3.8, 4) is 11.1 Å². The van der Waals surface area contributed by atoms with E-state index >= 15 is 0 Å². The van der Waals surface area contributed by atoms with Crippen LogP contribution in [-0.4, -0.2) is 15.5 Å². The molecular weight excluding hydrogens is 314 g/mol. The van der Waals surface area contributed by atoms with Crippen LogP contribution in [0.4, 0.5) is 0 Å². The predicted molar refractivity (Wildman–Crippen MR) is 90.7 cm³/mol. The lowest BCUT2D eigenvalue weighted by Gasteiger charge is -2.05. The number of carbonyl (C=O) groups is 1. The molecule has 1 aromatic carbocycles. The topological polar surface area (TPSA) is 97.9 Å². The molecule has 3 N–H and O–H groups in total. The molecule has 0 aliphatic heterocycles. The van der Waals surface area contributed by atoms with Gasteiger partial charge < -0.3 is 5.73 Å². The Bertz CT molecular complexity index is 999. The van der Waals surface area contributed by atoms with Crippen molar-refractivity contribution in [3.63, 3.8) is 0 Å². The van der Waals surface area contributed by atoms with E-state index in [2.05, 4.69) is 4.98 Å². The van der Waals surface area contributed by atoms with Gasteiger partial charge in [0, 0.05) is 23.4 Å². The van der Waals surface area contributed by atoms with E-state index in [4.69, 9.17) is 5.73 Å². The Labute approximate surface area is 135 Å². The number of nitrogens with one attached hydrogen (secondary N) is 1. The Morgan fingerprint density at radius 1 is 1.26 bits per heavy atom. The van der Waals surface area contributed by atoms with E-state index in [1.54, 1.807) is 0 Å². The summed E-state index contributed by atoms with van der Waals surface area (Å²) in [6.07, 6.45) is -0.0573. The highest BCUT2D eigenvalue weighted by Gasteiger charge is 2.18. The van der Waals surface area contributed by atoms with Crippen LogP contribution in [0.1, 0.15) is 11.3 Å². The first kappa shape index (κ1) is 15.2. The van der Waals surface area contributed by atoms with Crippen molar-refractivity contribution in [2.75, 3.05) is 0 Å². The number of H-pyrrole nitrogens is 1. The second-order valence-corrected chi connectivity index (χ2v) is 6.43. The van der Waals surface area contributed by atoms with Crippen molar-refractivity contribution < 1.29 is 4.79 Å². The third kappa shape index (κ3) is 2.70. The van der Waals surface area contributed by atoms with Gasteiger partial charge in [0.05, 0.1) is 5.39 Å². The number of aryl methyl sites for hydroxylation is 1. The summed E-state index contributed by atoms with van der Waals surface area (Å²) >= 11 is 1.37. The molecule has 0 saturated carbocycles. The summed E-state index contributed by atoms with van der Waals surface area (Å²) in [4.78, 5) is 40.0. The number of amides is 1. The van der Waals surface area contributed by atoms with Crippen molar-refractivity contribution in [2.45, 2.75) is 19.9 Å². The van der Waals surface area contributed by atoms with E-state index in [1.165, 1.54) is 11.3 Å². The Kier molecular flexibility index (Phi) is 3.87. The molecule has 23 heavy (non-hydrogen) atoms. The van der Waals surface area contributed by atoms with Gasteiger partial charge in [0.25, 0.3) is 5.56 Å². The lowest BCUT2D eigenvalue weighted by molar-refractivity contribution is -0.118. The maximum absolute atomic E-state index is 12.8. The number of primary amides is 1. The molecule has 0 aliphatic rings. The zero-order chi connectivity index (χ0) is 16.6. The molecule has 7 heteroatoms. The van der Waals surface area contributed by atoms with Crippen molar-refractivity contribution in [3.05, 3.63) is 56.0 Å². The summed E-state index contributed by atoms with van der Waals surface area (Å²) in [5.41, 5.74) is 5.93. The van der Waals surface area contributed by atoms with Crippen LogP contribution in [0.5, 0.6) is 0 Å². The number of rotatable bonds is 4. The fourth-order valence-electron chi connectivity index (χ4n) is 2.61. The number of aromatic amines is 1. The summed E-state index contributed by atoms with van der Waals surface area (Å²) < 4.78 is 1.03. The highest BCUT2D eigenvalue weighted by molar-refractivity contribution is 7.19. The fraction of sp³-hybridized carbons (Fsp3) is 0.188. The van der Waals surface area contributed by atoms with Crippen LogP contribution in [0.2, 0.25) is 0 Å². The molecule has 3 rings (SSSR count). The first-order valence-electron chi connectivity index (χ1n) is 7.09. The van der Waals surface area contributed by atoms with Crippen molar-refractivity contribution >= 4 is 27.5 Å². The average molecular weight is 329 g/mol. The van der Waals surface area contributed by atoms with E-state index < -0.39 is 17.2 Å². The molecule has 3 aromatic rings. The van der Waals surface area contributed by atoms with Crippen molar-refractivity contribution in [1.29, 1.82) is 0 Å². The van der Waals surface area contributed by atoms with Crippen molar-refractivity contribution in [2.24, 2.45) is 5.73 Å². The van der Waals surface area contributed by atoms with Crippen LogP contribution in [0, 0.1) is 6.92 Å². The molecule has 0 unspecified atom stereocenters. The number of hydrogen-bond acceptors (Lipinski definition) is 4. The van der Waals surface area contributed by atoms with Crippen LogP contribution < -0.4 is 17.0 Å². The van der Waals surface area contributed by atoms with E-state index in [0.29, 0.717) is 10.2 Å². The molecule has 0 bridgehead atoms. The number of hydrogen-bond donors (Lipinski definition) is 2. The van der Waals surface area contributed by atoms with E-state index in [-0.39, 0.29) is 13.0 Å². The molecule has 0 aliphatic carbocycles. The predicted octanol–water partition coefficient (Wildman–Crippen LogP) is 1.60. The van der Waals surface area contributed by atoms with Gasteiger partial charge in [-0.1, -0.05) is 30.3 Å². The standard InChI is InChI=1S/C16H15N3O3S/c1-9-12(10-5-3-2-4-6-10)13-14(23-9)18-16(22)19(15(13)21)8-7-11(17)20/h2-6H,7-8H2,1H3,(H2,17,20)(H,18,22). The normalized spacial score (nSPS) is 11.0. The highest BCUT2D eigenvalue weighted by Crippen LogP contribution is 2.34. The lowest BCUT2D eigenvalue weighted by Crippen LogP contribution is -2.36. The Hall–Kier alpha value is -2.67. The minimum Gasteiger partial charge on any atom is -0.370 e. The number of fused-ring (bicyclic) bond motifs is 1. The number of benzene rings is 1. The quantitative estimate of drug-likeness (QED) is 0.760. The third-order valence-electron chi connectivity index (χ3n) is 3.65. The molecule has 0 saturated heterocycles. The van der Waals surface area contributed by atoms with Gasteiger partial charge >= 0.3 is 5.69 Å². The van der Waals surface area contributed by atoms with Gasteiger partial charge in [0.1, 0.15) is 4.83 Å². The first-order valence-corrected chi connectivity index (χ1v) is 7.90. The Morgan fingerprint density at radius 3 is 2.61 bits per heavy atom. The van der Waals surface area contributed by atoms with Gasteiger partial charge in [-0.3, -0.25) is 19.1 Å². The average Bonchev–Trinajstić information content (AvgIpc) is 2.83. The van der Waals surface area contributed by atoms with Crippen LogP contribution in [0.25, 0.3) is 21.3 Å². The fourth-order valence-corrected chi connectivity index (χ4v) is 3.66. The van der Waals surface area contributed by atoms with Crippen LogP contribution >= 0.6 is 11.3 Å². The largest absolute Gasteiger partial charge is 0.370 e. The minimum absolute atomic E-state index is 0.0252. The Morgan fingerprint density at radius 2 is 1.96 bits per heavy atom. The van der Waals surface area contributed by atoms with Crippen LogP contribution in [-0.2, 0) is 11.3 Å². The molecular formula is C16H15N3O3S. The highest BCUT2D eigenvalue weighted by atomic mass is 32.1. The second kappa shape index (κ2) is 5.85. The summed E-state index contributed by atoms with van der Waals surface area (Å²) in [6, 6.07) is 9.55. The first-order chi connectivity index (χ1) is 11.0. The second-order valence-electron chi connectivity index (χ2n) is 5.21. The monoisotopic (exact) mass is 329 g/mol. The SMILES string of the molecule is Cc1sc2[nH]c(=O)n(CCC(N)=O)c(=O)c2c1-c1ccccc1. The zero-order valence-electron chi connectivity index (χ0n) is 12.5. The van der Waals surface area contributed by atoms with E-state index in [0.717, 1.165) is 20.6 Å². The lowest BCUT2D eigenvalue weighted by atomic mass is 10.0.